The monoisotopic (exact) mass is 541 g/mol. The van der Waals surface area contributed by atoms with Gasteiger partial charge in [-0.05, 0) is 48.4 Å². The molecule has 1 heterocycles. The highest BCUT2D eigenvalue weighted by molar-refractivity contribution is 7.93. The first kappa shape index (κ1) is 25.6. The number of halogens is 1. The van der Waals surface area contributed by atoms with E-state index < -0.39 is 15.9 Å². The summed E-state index contributed by atoms with van der Waals surface area (Å²) in [6, 6.07) is 29.2. The zero-order valence-corrected chi connectivity index (χ0v) is 22.1. The maximum absolute atomic E-state index is 14.2. The number of carbonyl (C=O) groups is 2. The number of ketones is 1. The summed E-state index contributed by atoms with van der Waals surface area (Å²) in [5.41, 5.74) is 3.36. The number of rotatable bonds is 7. The van der Waals surface area contributed by atoms with Crippen molar-refractivity contribution in [3.63, 3.8) is 0 Å². The van der Waals surface area contributed by atoms with Gasteiger partial charge in [0.15, 0.2) is 5.78 Å². The molecular formula is C31H24ClNO4S. The van der Waals surface area contributed by atoms with Crippen molar-refractivity contribution in [1.29, 1.82) is 0 Å². The van der Waals surface area contributed by atoms with Gasteiger partial charge in [-0.3, -0.25) is 9.59 Å². The predicted octanol–water partition coefficient (Wildman–Crippen LogP) is 6.82. The Hall–Kier alpha value is -4.00. The number of fused-ring (bicyclic) bond motifs is 1. The summed E-state index contributed by atoms with van der Waals surface area (Å²) in [4.78, 5) is 26.3. The van der Waals surface area contributed by atoms with Gasteiger partial charge in [-0.25, -0.2) is 12.7 Å². The molecule has 4 aromatic carbocycles. The Kier molecular flexibility index (Phi) is 7.02. The molecule has 0 radical (unpaired) electrons. The molecule has 0 spiro atoms. The van der Waals surface area contributed by atoms with Crippen LogP contribution in [0.3, 0.4) is 0 Å². The fraction of sp³-hybridized carbons (Fsp3) is 0.0968. The molecule has 190 valence electrons. The van der Waals surface area contributed by atoms with Gasteiger partial charge in [-0.2, -0.15) is 0 Å². The number of Topliss-reactive ketones (excluding diaryl/α,β-unsaturated/α-hetero) is 1. The molecule has 0 amide bonds. The van der Waals surface area contributed by atoms with E-state index >= 15 is 0 Å². The number of carbonyl (C=O) groups excluding carboxylic acids is 2. The van der Waals surface area contributed by atoms with E-state index in [0.717, 1.165) is 5.56 Å². The summed E-state index contributed by atoms with van der Waals surface area (Å²) >= 11 is 6.12. The van der Waals surface area contributed by atoms with Crippen molar-refractivity contribution >= 4 is 45.1 Å². The third kappa shape index (κ3) is 4.69. The maximum Gasteiger partial charge on any atom is 0.268 e. The lowest BCUT2D eigenvalue weighted by Gasteiger charge is -2.37. The smallest absolute Gasteiger partial charge is 0.268 e. The summed E-state index contributed by atoms with van der Waals surface area (Å²) in [6.07, 6.45) is 0.645. The van der Waals surface area contributed by atoms with Crippen molar-refractivity contribution in [3.8, 4) is 0 Å². The van der Waals surface area contributed by atoms with E-state index in [1.54, 1.807) is 97.1 Å². The molecule has 0 saturated carbocycles. The number of hydrogen-bond acceptors (Lipinski definition) is 4. The number of benzene rings is 4. The third-order valence-electron chi connectivity index (χ3n) is 6.65. The minimum atomic E-state index is -4.13. The first-order chi connectivity index (χ1) is 18.3. The molecule has 0 bridgehead atoms. The van der Waals surface area contributed by atoms with E-state index in [4.69, 9.17) is 11.6 Å². The number of aryl methyl sites for hydroxylation is 1. The van der Waals surface area contributed by atoms with Gasteiger partial charge in [-0.1, -0.05) is 90.0 Å². The number of sulfonamides is 1. The zero-order valence-electron chi connectivity index (χ0n) is 20.5. The molecule has 4 aromatic rings. The molecule has 0 aliphatic carbocycles. The van der Waals surface area contributed by atoms with Crippen LogP contribution < -0.4 is 4.31 Å². The van der Waals surface area contributed by atoms with Crippen LogP contribution in [0, 0.1) is 6.92 Å². The van der Waals surface area contributed by atoms with Gasteiger partial charge in [0.2, 0.25) is 0 Å². The van der Waals surface area contributed by atoms with Gasteiger partial charge in [0.05, 0.1) is 16.3 Å². The summed E-state index contributed by atoms with van der Waals surface area (Å²) in [5.74, 6) is -0.858. The van der Waals surface area contributed by atoms with Crippen LogP contribution in [0.1, 0.15) is 39.4 Å². The summed E-state index contributed by atoms with van der Waals surface area (Å²) < 4.78 is 29.6. The Balaban J connectivity index is 1.75. The fourth-order valence-electron chi connectivity index (χ4n) is 4.81. The van der Waals surface area contributed by atoms with E-state index in [0.29, 0.717) is 33.7 Å². The second-order valence-corrected chi connectivity index (χ2v) is 11.3. The average Bonchev–Trinajstić information content (AvgIpc) is 2.93. The Bertz CT molecular complexity index is 1660. The lowest BCUT2D eigenvalue weighted by Crippen LogP contribution is -2.36. The van der Waals surface area contributed by atoms with Crippen molar-refractivity contribution in [2.45, 2.75) is 24.2 Å². The second kappa shape index (κ2) is 10.4. The number of para-hydroxylation sites is 1. The van der Waals surface area contributed by atoms with Crippen molar-refractivity contribution < 1.29 is 18.0 Å². The first-order valence-electron chi connectivity index (χ1n) is 12.1. The quantitative estimate of drug-likeness (QED) is 0.190. The number of hydrogen-bond donors (Lipinski definition) is 0. The van der Waals surface area contributed by atoms with Crippen LogP contribution in [0.4, 0.5) is 5.69 Å². The Morgan fingerprint density at radius 1 is 0.895 bits per heavy atom. The molecule has 0 fully saturated rings. The van der Waals surface area contributed by atoms with Gasteiger partial charge in [-0.15, -0.1) is 0 Å². The zero-order chi connectivity index (χ0) is 26.9. The molecule has 5 rings (SSSR count). The van der Waals surface area contributed by atoms with Crippen LogP contribution in [0.15, 0.2) is 114 Å². The topological polar surface area (TPSA) is 71.5 Å². The van der Waals surface area contributed by atoms with E-state index in [1.165, 1.54) is 4.31 Å². The lowest BCUT2D eigenvalue weighted by molar-refractivity contribution is -0.105. The molecule has 38 heavy (non-hydrogen) atoms. The van der Waals surface area contributed by atoms with Crippen molar-refractivity contribution in [1.82, 2.24) is 0 Å². The van der Waals surface area contributed by atoms with E-state index in [-0.39, 0.29) is 28.4 Å². The van der Waals surface area contributed by atoms with Crippen LogP contribution in [-0.2, 0) is 14.8 Å². The predicted molar refractivity (Wildman–Crippen MR) is 150 cm³/mol. The number of aldehydes is 1. The molecule has 1 aliphatic heterocycles. The van der Waals surface area contributed by atoms with Crippen molar-refractivity contribution in [2.24, 2.45) is 0 Å². The van der Waals surface area contributed by atoms with Crippen LogP contribution in [0.2, 0.25) is 5.02 Å². The third-order valence-corrected chi connectivity index (χ3v) is 8.62. The summed E-state index contributed by atoms with van der Waals surface area (Å²) in [5, 5.41) is 0.436. The highest BCUT2D eigenvalue weighted by Crippen LogP contribution is 2.48. The molecule has 1 atom stereocenters. The summed E-state index contributed by atoms with van der Waals surface area (Å²) in [7, 11) is -4.13. The average molecular weight is 542 g/mol. The van der Waals surface area contributed by atoms with Crippen LogP contribution >= 0.6 is 11.6 Å². The Labute approximate surface area is 227 Å². The molecule has 0 saturated heterocycles. The molecule has 0 aromatic heterocycles. The van der Waals surface area contributed by atoms with Crippen molar-refractivity contribution in [2.75, 3.05) is 4.31 Å². The molecule has 7 heteroatoms. The van der Waals surface area contributed by atoms with Gasteiger partial charge < -0.3 is 0 Å². The van der Waals surface area contributed by atoms with Gasteiger partial charge >= 0.3 is 0 Å². The number of allylic oxidation sites excluding steroid dienone is 1. The fourth-order valence-corrected chi connectivity index (χ4v) is 6.56. The number of anilines is 1. The minimum absolute atomic E-state index is 0.0276. The normalized spacial score (nSPS) is 15.2. The molecule has 0 unspecified atom stereocenters. The van der Waals surface area contributed by atoms with Crippen LogP contribution in [-0.4, -0.2) is 20.5 Å². The largest absolute Gasteiger partial charge is 0.298 e. The van der Waals surface area contributed by atoms with Gasteiger partial charge in [0, 0.05) is 28.5 Å². The standard InChI is InChI=1S/C31H24ClNO4S/c1-21-14-16-25(17-15-21)38(36,37)33-29-13-6-5-12-26(29)27(19-30(35)23-10-7-11-24(32)18-23)28(20-34)31(33)22-8-3-2-4-9-22/h2-18,20,27H,19H2,1H3/t27-/m1/s1. The molecule has 5 nitrogen and oxygen atoms in total. The van der Waals surface area contributed by atoms with Crippen LogP contribution in [0.5, 0.6) is 0 Å². The van der Waals surface area contributed by atoms with E-state index in [9.17, 15) is 18.0 Å². The molecule has 1 aliphatic rings. The molecular weight excluding hydrogens is 518 g/mol. The SMILES string of the molecule is Cc1ccc(S(=O)(=O)N2C(c3ccccc3)=C(C=O)[C@H](CC(=O)c3cccc(Cl)c3)c3ccccc32)cc1. The van der Waals surface area contributed by atoms with Crippen molar-refractivity contribution in [3.05, 3.63) is 136 Å². The van der Waals surface area contributed by atoms with Crippen LogP contribution in [0.25, 0.3) is 5.70 Å². The molecule has 0 N–H and O–H groups in total. The van der Waals surface area contributed by atoms with E-state index in [1.807, 2.05) is 13.0 Å². The number of nitrogens with zero attached hydrogens (tertiary/aromatic N) is 1. The Morgan fingerprint density at radius 3 is 2.26 bits per heavy atom. The van der Waals surface area contributed by atoms with E-state index in [2.05, 4.69) is 0 Å². The highest BCUT2D eigenvalue weighted by Gasteiger charge is 2.40. The Morgan fingerprint density at radius 2 is 1.58 bits per heavy atom. The van der Waals surface area contributed by atoms with Gasteiger partial charge in [0.1, 0.15) is 6.29 Å². The second-order valence-electron chi connectivity index (χ2n) is 9.12. The maximum atomic E-state index is 14.2. The van der Waals surface area contributed by atoms with Gasteiger partial charge in [0.25, 0.3) is 10.0 Å². The summed E-state index contributed by atoms with van der Waals surface area (Å²) in [6.45, 7) is 1.88. The first-order valence-corrected chi connectivity index (χ1v) is 13.9. The minimum Gasteiger partial charge on any atom is -0.298 e. The lowest BCUT2D eigenvalue weighted by atomic mass is 9.80. The highest BCUT2D eigenvalue weighted by atomic mass is 35.5.